The summed E-state index contributed by atoms with van der Waals surface area (Å²) in [6.07, 6.45) is 4.72. The summed E-state index contributed by atoms with van der Waals surface area (Å²) >= 11 is 0. The summed E-state index contributed by atoms with van der Waals surface area (Å²) in [6, 6.07) is -0.664. The van der Waals surface area contributed by atoms with Crippen molar-refractivity contribution in [3.05, 3.63) is 0 Å². The van der Waals surface area contributed by atoms with Gasteiger partial charge in [-0.15, -0.1) is 0 Å². The normalized spacial score (nSPS) is 19.4. The largest absolute Gasteiger partial charge is 0.333 e. The molecule has 3 amide bonds. The Morgan fingerprint density at radius 1 is 1.05 bits per heavy atom. The van der Waals surface area contributed by atoms with Crippen LogP contribution in [-0.2, 0) is 4.79 Å². The number of carbonyl (C=O) groups is 2. The van der Waals surface area contributed by atoms with Gasteiger partial charge in [-0.3, -0.25) is 15.0 Å². The molecule has 1 aliphatic heterocycles. The number of carbonyl (C=O) groups excluding carboxylic acids is 2. The molecule has 1 rings (SSSR count). The van der Waals surface area contributed by atoms with Gasteiger partial charge >= 0.3 is 6.03 Å². The van der Waals surface area contributed by atoms with Crippen molar-refractivity contribution < 1.29 is 9.59 Å². The van der Waals surface area contributed by atoms with Crippen molar-refractivity contribution in [2.75, 3.05) is 13.1 Å². The zero-order valence-corrected chi connectivity index (χ0v) is 12.6. The van der Waals surface area contributed by atoms with Crippen molar-refractivity contribution in [3.8, 4) is 0 Å². The smallest absolute Gasteiger partial charge is 0.321 e. The van der Waals surface area contributed by atoms with E-state index in [1.807, 2.05) is 27.7 Å². The second-order valence-electron chi connectivity index (χ2n) is 6.32. The SMILES string of the molecule is C[C@H](C(=O)NC(=O)NC(C)(C)C)N1CCCCCC1. The number of rotatable bonds is 2. The highest BCUT2D eigenvalue weighted by atomic mass is 16.2. The second kappa shape index (κ2) is 6.89. The number of amides is 3. The number of nitrogens with zero attached hydrogens (tertiary/aromatic N) is 1. The first kappa shape index (κ1) is 16.0. The highest BCUT2D eigenvalue weighted by Crippen LogP contribution is 2.12. The van der Waals surface area contributed by atoms with Gasteiger partial charge in [0.25, 0.3) is 0 Å². The van der Waals surface area contributed by atoms with Gasteiger partial charge in [0.2, 0.25) is 5.91 Å². The fraction of sp³-hybridized carbons (Fsp3) is 0.857. The number of nitrogens with one attached hydrogen (secondary N) is 2. The van der Waals surface area contributed by atoms with Gasteiger partial charge < -0.3 is 5.32 Å². The second-order valence-corrected chi connectivity index (χ2v) is 6.32. The van der Waals surface area contributed by atoms with Crippen molar-refractivity contribution >= 4 is 11.9 Å². The van der Waals surface area contributed by atoms with Gasteiger partial charge in [-0.25, -0.2) is 4.79 Å². The van der Waals surface area contributed by atoms with Crippen molar-refractivity contribution in [1.29, 1.82) is 0 Å². The molecule has 1 atom stereocenters. The fourth-order valence-corrected chi connectivity index (χ4v) is 2.24. The van der Waals surface area contributed by atoms with E-state index in [0.717, 1.165) is 25.9 Å². The minimum Gasteiger partial charge on any atom is -0.333 e. The van der Waals surface area contributed by atoms with Crippen LogP contribution in [0.3, 0.4) is 0 Å². The number of imide groups is 1. The van der Waals surface area contributed by atoms with Crippen molar-refractivity contribution in [2.24, 2.45) is 0 Å². The molecule has 0 bridgehead atoms. The Morgan fingerprint density at radius 3 is 2.05 bits per heavy atom. The zero-order chi connectivity index (χ0) is 14.5. The van der Waals surface area contributed by atoms with Crippen LogP contribution in [0.25, 0.3) is 0 Å². The average Bonchev–Trinajstić information content (AvgIpc) is 2.53. The maximum absolute atomic E-state index is 12.0. The average molecular weight is 269 g/mol. The molecule has 2 N–H and O–H groups in total. The molecule has 0 aromatic heterocycles. The molecule has 0 aromatic carbocycles. The molecule has 0 aromatic rings. The molecular weight excluding hydrogens is 242 g/mol. The third kappa shape index (κ3) is 6.05. The third-order valence-electron chi connectivity index (χ3n) is 3.29. The zero-order valence-electron chi connectivity index (χ0n) is 12.6. The van der Waals surface area contributed by atoms with E-state index in [0.29, 0.717) is 0 Å². The molecule has 0 unspecified atom stereocenters. The quantitative estimate of drug-likeness (QED) is 0.804. The number of hydrogen-bond acceptors (Lipinski definition) is 3. The van der Waals surface area contributed by atoms with Crippen LogP contribution in [0.5, 0.6) is 0 Å². The summed E-state index contributed by atoms with van der Waals surface area (Å²) in [5, 5.41) is 5.15. The standard InChI is InChI=1S/C14H27N3O2/c1-11(17-9-7-5-6-8-10-17)12(18)15-13(19)16-14(2,3)4/h11H,5-10H2,1-4H3,(H2,15,16,18,19)/t11-/m1/s1. The first-order chi connectivity index (χ1) is 8.79. The third-order valence-corrected chi connectivity index (χ3v) is 3.29. The van der Waals surface area contributed by atoms with Crippen LogP contribution in [0.2, 0.25) is 0 Å². The summed E-state index contributed by atoms with van der Waals surface area (Å²) in [7, 11) is 0. The first-order valence-electron chi connectivity index (χ1n) is 7.16. The molecule has 0 saturated carbocycles. The minimum atomic E-state index is -0.417. The van der Waals surface area contributed by atoms with Crippen LogP contribution in [0, 0.1) is 0 Å². The van der Waals surface area contributed by atoms with Crippen molar-refractivity contribution in [2.45, 2.75) is 65.0 Å². The Balaban J connectivity index is 2.45. The van der Waals surface area contributed by atoms with E-state index in [4.69, 9.17) is 0 Å². The van der Waals surface area contributed by atoms with E-state index in [2.05, 4.69) is 15.5 Å². The Hall–Kier alpha value is -1.10. The molecular formula is C14H27N3O2. The molecule has 19 heavy (non-hydrogen) atoms. The fourth-order valence-electron chi connectivity index (χ4n) is 2.24. The van der Waals surface area contributed by atoms with Gasteiger partial charge in [0.15, 0.2) is 0 Å². The minimum absolute atomic E-state index is 0.219. The lowest BCUT2D eigenvalue weighted by molar-refractivity contribution is -0.124. The van der Waals surface area contributed by atoms with Gasteiger partial charge in [-0.05, 0) is 53.6 Å². The van der Waals surface area contributed by atoms with Crippen LogP contribution in [-0.4, -0.2) is 41.5 Å². The molecule has 1 fully saturated rings. The van der Waals surface area contributed by atoms with E-state index < -0.39 is 6.03 Å². The van der Waals surface area contributed by atoms with Crippen LogP contribution in [0.4, 0.5) is 4.79 Å². The van der Waals surface area contributed by atoms with Gasteiger partial charge in [0, 0.05) is 5.54 Å². The number of urea groups is 1. The predicted molar refractivity (Wildman–Crippen MR) is 75.9 cm³/mol. The molecule has 110 valence electrons. The van der Waals surface area contributed by atoms with Crippen LogP contribution < -0.4 is 10.6 Å². The first-order valence-corrected chi connectivity index (χ1v) is 7.16. The molecule has 0 spiro atoms. The van der Waals surface area contributed by atoms with E-state index >= 15 is 0 Å². The molecule has 5 heteroatoms. The molecule has 1 heterocycles. The number of likely N-dealkylation sites (tertiary alicyclic amines) is 1. The lowest BCUT2D eigenvalue weighted by Gasteiger charge is -2.27. The topological polar surface area (TPSA) is 61.4 Å². The van der Waals surface area contributed by atoms with Crippen molar-refractivity contribution in [1.82, 2.24) is 15.5 Å². The van der Waals surface area contributed by atoms with Crippen LogP contribution in [0.15, 0.2) is 0 Å². The van der Waals surface area contributed by atoms with Crippen molar-refractivity contribution in [3.63, 3.8) is 0 Å². The molecule has 1 saturated heterocycles. The van der Waals surface area contributed by atoms with E-state index in [9.17, 15) is 9.59 Å². The molecule has 0 radical (unpaired) electrons. The Morgan fingerprint density at radius 2 is 1.58 bits per heavy atom. The number of hydrogen-bond donors (Lipinski definition) is 2. The Bertz CT molecular complexity index is 315. The van der Waals surface area contributed by atoms with Gasteiger partial charge in [-0.1, -0.05) is 12.8 Å². The van der Waals surface area contributed by atoms with Gasteiger partial charge in [0.1, 0.15) is 0 Å². The molecule has 0 aliphatic carbocycles. The maximum Gasteiger partial charge on any atom is 0.321 e. The Kier molecular flexibility index (Phi) is 5.79. The summed E-state index contributed by atoms with van der Waals surface area (Å²) in [5.41, 5.74) is -0.337. The lowest BCUT2D eigenvalue weighted by Crippen LogP contribution is -2.53. The van der Waals surface area contributed by atoms with E-state index in [-0.39, 0.29) is 17.5 Å². The lowest BCUT2D eigenvalue weighted by atomic mass is 10.1. The summed E-state index contributed by atoms with van der Waals surface area (Å²) in [5.74, 6) is -0.219. The summed E-state index contributed by atoms with van der Waals surface area (Å²) < 4.78 is 0. The molecule has 5 nitrogen and oxygen atoms in total. The Labute approximate surface area is 116 Å². The van der Waals surface area contributed by atoms with Gasteiger partial charge in [-0.2, -0.15) is 0 Å². The highest BCUT2D eigenvalue weighted by Gasteiger charge is 2.24. The van der Waals surface area contributed by atoms with E-state index in [1.165, 1.54) is 12.8 Å². The predicted octanol–water partition coefficient (Wildman–Crippen LogP) is 1.88. The monoisotopic (exact) mass is 269 g/mol. The summed E-state index contributed by atoms with van der Waals surface area (Å²) in [4.78, 5) is 25.9. The summed E-state index contributed by atoms with van der Waals surface area (Å²) in [6.45, 7) is 9.40. The van der Waals surface area contributed by atoms with Crippen LogP contribution >= 0.6 is 0 Å². The van der Waals surface area contributed by atoms with Crippen LogP contribution in [0.1, 0.15) is 53.4 Å². The molecule has 1 aliphatic rings. The van der Waals surface area contributed by atoms with E-state index in [1.54, 1.807) is 0 Å². The van der Waals surface area contributed by atoms with Gasteiger partial charge in [0.05, 0.1) is 6.04 Å². The highest BCUT2D eigenvalue weighted by molar-refractivity contribution is 5.97. The maximum atomic E-state index is 12.0.